The molecule has 0 amide bonds. The van der Waals surface area contributed by atoms with Gasteiger partial charge in [-0.3, -0.25) is 10.1 Å². The van der Waals surface area contributed by atoms with Gasteiger partial charge >= 0.3 is 0 Å². The number of nitro groups is 1. The molecule has 5 nitrogen and oxygen atoms in total. The average molecular weight is 347 g/mol. The van der Waals surface area contributed by atoms with Crippen molar-refractivity contribution in [3.63, 3.8) is 0 Å². The summed E-state index contributed by atoms with van der Waals surface area (Å²) in [6, 6.07) is 5.20. The fourth-order valence-electron chi connectivity index (χ4n) is 1.39. The lowest BCUT2D eigenvalue weighted by atomic mass is 10.1. The normalized spacial score (nSPS) is 10.4. The molecular weight excluding hydrogens is 341 g/mol. The molecule has 1 heterocycles. The summed E-state index contributed by atoms with van der Waals surface area (Å²) < 4.78 is 0.767. The number of rotatable bonds is 2. The van der Waals surface area contributed by atoms with Crippen LogP contribution in [0.25, 0.3) is 10.6 Å². The highest BCUT2D eigenvalue weighted by Crippen LogP contribution is 2.34. The second-order valence-corrected chi connectivity index (χ2v) is 5.82. The van der Waals surface area contributed by atoms with Crippen LogP contribution in [-0.4, -0.2) is 15.1 Å². The molecule has 2 rings (SSSR count). The monoisotopic (exact) mass is 347 g/mol. The number of para-hydroxylation sites is 1. The first-order chi connectivity index (χ1) is 7.59. The summed E-state index contributed by atoms with van der Waals surface area (Å²) in [6.07, 6.45) is 0. The van der Waals surface area contributed by atoms with Crippen LogP contribution in [0.4, 0.5) is 5.69 Å². The first-order valence-corrected chi connectivity index (χ1v) is 6.22. The van der Waals surface area contributed by atoms with Gasteiger partial charge in [-0.2, -0.15) is 0 Å². The summed E-state index contributed by atoms with van der Waals surface area (Å²) in [4.78, 5) is 10.6. The van der Waals surface area contributed by atoms with E-state index in [4.69, 9.17) is 0 Å². The largest absolute Gasteiger partial charge is 0.282 e. The Morgan fingerprint density at radius 1 is 1.44 bits per heavy atom. The third-order valence-corrected chi connectivity index (χ3v) is 3.67. The van der Waals surface area contributed by atoms with E-state index in [1.165, 1.54) is 11.3 Å². The summed E-state index contributed by atoms with van der Waals surface area (Å²) in [5.41, 5.74) is 1.27. The molecular formula is C9H6IN3O2S. The minimum absolute atomic E-state index is 0.107. The molecule has 0 saturated carbocycles. The van der Waals surface area contributed by atoms with Gasteiger partial charge in [-0.15, -0.1) is 10.2 Å². The van der Waals surface area contributed by atoms with E-state index >= 15 is 0 Å². The molecule has 0 bridgehead atoms. The van der Waals surface area contributed by atoms with Gasteiger partial charge in [0.1, 0.15) is 0 Å². The van der Waals surface area contributed by atoms with Crippen molar-refractivity contribution in [1.82, 2.24) is 10.2 Å². The molecule has 0 aliphatic rings. The van der Waals surface area contributed by atoms with Crippen LogP contribution in [-0.2, 0) is 0 Å². The molecule has 7 heteroatoms. The van der Waals surface area contributed by atoms with Crippen LogP contribution in [0, 0.1) is 20.1 Å². The quantitative estimate of drug-likeness (QED) is 0.476. The molecule has 0 N–H and O–H groups in total. The Morgan fingerprint density at radius 2 is 2.19 bits per heavy atom. The number of nitrogens with zero attached hydrogens (tertiary/aromatic N) is 3. The second kappa shape index (κ2) is 4.42. The van der Waals surface area contributed by atoms with E-state index < -0.39 is 0 Å². The van der Waals surface area contributed by atoms with Crippen molar-refractivity contribution in [2.24, 2.45) is 0 Å². The van der Waals surface area contributed by atoms with Crippen molar-refractivity contribution < 1.29 is 4.92 Å². The van der Waals surface area contributed by atoms with E-state index in [0.29, 0.717) is 16.1 Å². The van der Waals surface area contributed by atoms with Gasteiger partial charge in [0.2, 0.25) is 0 Å². The lowest BCUT2D eigenvalue weighted by Crippen LogP contribution is -1.94. The molecule has 0 aliphatic heterocycles. The van der Waals surface area contributed by atoms with Crippen molar-refractivity contribution in [3.8, 4) is 10.6 Å². The first-order valence-electron chi connectivity index (χ1n) is 4.33. The summed E-state index contributed by atoms with van der Waals surface area (Å²) in [6.45, 7) is 1.72. The number of hydrogen-bond donors (Lipinski definition) is 0. The maximum absolute atomic E-state index is 11.0. The van der Waals surface area contributed by atoms with Gasteiger partial charge in [0, 0.05) is 5.56 Å². The number of hydrogen-bond acceptors (Lipinski definition) is 5. The van der Waals surface area contributed by atoms with Crippen LogP contribution in [0.1, 0.15) is 5.56 Å². The third kappa shape index (κ3) is 2.05. The highest BCUT2D eigenvalue weighted by atomic mass is 127. The number of aryl methyl sites for hydroxylation is 1. The van der Waals surface area contributed by atoms with Crippen molar-refractivity contribution >= 4 is 39.6 Å². The third-order valence-electron chi connectivity index (χ3n) is 2.05. The van der Waals surface area contributed by atoms with Gasteiger partial charge in [-0.05, 0) is 35.6 Å². The topological polar surface area (TPSA) is 68.9 Å². The number of nitro benzene ring substituents is 1. The molecule has 0 fully saturated rings. The molecule has 0 atom stereocenters. The van der Waals surface area contributed by atoms with E-state index in [-0.39, 0.29) is 10.6 Å². The minimum Gasteiger partial charge on any atom is -0.258 e. The van der Waals surface area contributed by atoms with Crippen molar-refractivity contribution in [2.45, 2.75) is 6.92 Å². The van der Waals surface area contributed by atoms with E-state index in [2.05, 4.69) is 10.2 Å². The molecule has 16 heavy (non-hydrogen) atoms. The Hall–Kier alpha value is -1.09. The van der Waals surface area contributed by atoms with Gasteiger partial charge in [0.25, 0.3) is 5.69 Å². The summed E-state index contributed by atoms with van der Waals surface area (Å²) >= 11 is 3.38. The number of benzene rings is 1. The smallest absolute Gasteiger partial charge is 0.258 e. The number of aromatic nitrogens is 2. The highest BCUT2D eigenvalue weighted by molar-refractivity contribution is 14.1. The van der Waals surface area contributed by atoms with Crippen LogP contribution in [0.2, 0.25) is 0 Å². The lowest BCUT2D eigenvalue weighted by Gasteiger charge is -2.01. The Morgan fingerprint density at radius 3 is 2.75 bits per heavy atom. The average Bonchev–Trinajstić information content (AvgIpc) is 2.63. The zero-order valence-electron chi connectivity index (χ0n) is 8.18. The maximum atomic E-state index is 11.0. The van der Waals surface area contributed by atoms with Gasteiger partial charge in [0.15, 0.2) is 8.02 Å². The maximum Gasteiger partial charge on any atom is 0.282 e. The predicted octanol–water partition coefficient (Wildman–Crippen LogP) is 3.03. The molecule has 0 aliphatic carbocycles. The molecule has 2 aromatic rings. The standard InChI is InChI=1S/C9H6IN3O2S/c1-5-3-2-4-6(7(5)13(14)15)8-11-12-9(10)16-8/h2-4H,1H3. The van der Waals surface area contributed by atoms with Crippen LogP contribution in [0.3, 0.4) is 0 Å². The predicted molar refractivity (Wildman–Crippen MR) is 69.5 cm³/mol. The van der Waals surface area contributed by atoms with E-state index in [9.17, 15) is 10.1 Å². The van der Waals surface area contributed by atoms with E-state index in [1.807, 2.05) is 22.6 Å². The zero-order valence-corrected chi connectivity index (χ0v) is 11.2. The van der Waals surface area contributed by atoms with E-state index in [1.54, 1.807) is 25.1 Å². The van der Waals surface area contributed by atoms with Crippen LogP contribution < -0.4 is 0 Å². The molecule has 0 spiro atoms. The van der Waals surface area contributed by atoms with Gasteiger partial charge in [-0.25, -0.2) is 0 Å². The second-order valence-electron chi connectivity index (χ2n) is 3.09. The van der Waals surface area contributed by atoms with Crippen molar-refractivity contribution in [1.29, 1.82) is 0 Å². The highest BCUT2D eigenvalue weighted by Gasteiger charge is 2.20. The van der Waals surface area contributed by atoms with Gasteiger partial charge in [-0.1, -0.05) is 23.5 Å². The molecule has 0 unspecified atom stereocenters. The van der Waals surface area contributed by atoms with Gasteiger partial charge in [0.05, 0.1) is 10.5 Å². The van der Waals surface area contributed by atoms with Crippen LogP contribution >= 0.6 is 33.9 Å². The molecule has 1 aromatic heterocycles. The zero-order chi connectivity index (χ0) is 11.7. The SMILES string of the molecule is Cc1cccc(-c2nnc(I)s2)c1[N+](=O)[O-]. The molecule has 1 aromatic carbocycles. The van der Waals surface area contributed by atoms with Crippen LogP contribution in [0.15, 0.2) is 18.2 Å². The minimum atomic E-state index is -0.376. The molecule has 82 valence electrons. The fraction of sp³-hybridized carbons (Fsp3) is 0.111. The summed E-state index contributed by atoms with van der Waals surface area (Å²) in [7, 11) is 0. The fourth-order valence-corrected chi connectivity index (χ4v) is 2.72. The Labute approximate surface area is 109 Å². The Bertz CT molecular complexity index is 555. The Kier molecular flexibility index (Phi) is 3.15. The number of halogens is 1. The van der Waals surface area contributed by atoms with Crippen LogP contribution in [0.5, 0.6) is 0 Å². The summed E-state index contributed by atoms with van der Waals surface area (Å²) in [5, 5.41) is 19.3. The molecule has 0 saturated heterocycles. The summed E-state index contributed by atoms with van der Waals surface area (Å²) in [5.74, 6) is 0. The van der Waals surface area contributed by atoms with Crippen molar-refractivity contribution in [2.75, 3.05) is 0 Å². The Balaban J connectivity index is 2.65. The van der Waals surface area contributed by atoms with Crippen molar-refractivity contribution in [3.05, 3.63) is 36.9 Å². The lowest BCUT2D eigenvalue weighted by molar-refractivity contribution is -0.384. The van der Waals surface area contributed by atoms with E-state index in [0.717, 1.165) is 3.01 Å². The van der Waals surface area contributed by atoms with Gasteiger partial charge < -0.3 is 0 Å². The first kappa shape index (κ1) is 11.4. The molecule has 0 radical (unpaired) electrons.